The lowest BCUT2D eigenvalue weighted by Crippen LogP contribution is -2.30. The molecule has 1 atom stereocenters. The van der Waals surface area contributed by atoms with Crippen molar-refractivity contribution in [3.05, 3.63) is 64.1 Å². The van der Waals surface area contributed by atoms with Crippen LogP contribution >= 0.6 is 15.9 Å². The van der Waals surface area contributed by atoms with Crippen molar-refractivity contribution in [1.29, 1.82) is 0 Å². The van der Waals surface area contributed by atoms with Crippen LogP contribution in [0.2, 0.25) is 0 Å². The normalized spacial score (nSPS) is 15.7. The molecule has 0 radical (unpaired) electrons. The Bertz CT molecular complexity index is 910. The Morgan fingerprint density at radius 1 is 1.15 bits per heavy atom. The summed E-state index contributed by atoms with van der Waals surface area (Å²) in [5, 5.41) is 3.08. The lowest BCUT2D eigenvalue weighted by molar-refractivity contribution is 0.0931. The van der Waals surface area contributed by atoms with Crippen molar-refractivity contribution in [2.75, 3.05) is 14.1 Å². The zero-order chi connectivity index (χ0) is 18.9. The molecule has 3 rings (SSSR count). The van der Waals surface area contributed by atoms with Crippen LogP contribution in [0.5, 0.6) is 0 Å². The number of hydrogen-bond acceptors (Lipinski definition) is 3. The first-order valence-corrected chi connectivity index (χ1v) is 10.6. The second kappa shape index (κ2) is 7.50. The Balaban J connectivity index is 1.88. The molecule has 138 valence electrons. The van der Waals surface area contributed by atoms with Gasteiger partial charge in [-0.3, -0.25) is 4.79 Å². The van der Waals surface area contributed by atoms with Gasteiger partial charge in [-0.25, -0.2) is 12.7 Å². The SMILES string of the molecule is CN(C)S(=O)(=O)c1cc(C(=O)NC(c2ccccc2)C2CC2)ccc1Br. The maximum absolute atomic E-state index is 12.8. The monoisotopic (exact) mass is 436 g/mol. The molecule has 26 heavy (non-hydrogen) atoms. The van der Waals surface area contributed by atoms with Gasteiger partial charge in [-0.2, -0.15) is 0 Å². The van der Waals surface area contributed by atoms with Gasteiger partial charge in [-0.15, -0.1) is 0 Å². The highest BCUT2D eigenvalue weighted by Crippen LogP contribution is 2.41. The van der Waals surface area contributed by atoms with Crippen LogP contribution in [0, 0.1) is 5.92 Å². The fraction of sp³-hybridized carbons (Fsp3) is 0.316. The number of sulfonamides is 1. The van der Waals surface area contributed by atoms with Crippen molar-refractivity contribution in [1.82, 2.24) is 9.62 Å². The molecule has 2 aromatic rings. The van der Waals surface area contributed by atoms with Gasteiger partial charge in [0.1, 0.15) is 0 Å². The van der Waals surface area contributed by atoms with Crippen molar-refractivity contribution in [3.8, 4) is 0 Å². The van der Waals surface area contributed by atoms with Crippen LogP contribution in [0.3, 0.4) is 0 Å². The zero-order valence-corrected chi connectivity index (χ0v) is 17.0. The molecule has 1 N–H and O–H groups in total. The average molecular weight is 437 g/mol. The number of hydrogen-bond donors (Lipinski definition) is 1. The first kappa shape index (κ1) is 19.1. The molecule has 5 nitrogen and oxygen atoms in total. The van der Waals surface area contributed by atoms with E-state index < -0.39 is 10.0 Å². The molecule has 0 bridgehead atoms. The second-order valence-electron chi connectivity index (χ2n) is 6.63. The van der Waals surface area contributed by atoms with E-state index in [0.29, 0.717) is 16.0 Å². The summed E-state index contributed by atoms with van der Waals surface area (Å²) in [6.07, 6.45) is 2.17. The van der Waals surface area contributed by atoms with Crippen molar-refractivity contribution < 1.29 is 13.2 Å². The summed E-state index contributed by atoms with van der Waals surface area (Å²) in [7, 11) is -0.711. The van der Waals surface area contributed by atoms with E-state index in [1.807, 2.05) is 30.3 Å². The van der Waals surface area contributed by atoms with Crippen LogP contribution < -0.4 is 5.32 Å². The van der Waals surface area contributed by atoms with Crippen LogP contribution in [0.25, 0.3) is 0 Å². The van der Waals surface area contributed by atoms with Crippen molar-refractivity contribution >= 4 is 31.9 Å². The van der Waals surface area contributed by atoms with Gasteiger partial charge in [-0.05, 0) is 58.5 Å². The molecule has 0 spiro atoms. The maximum atomic E-state index is 12.8. The van der Waals surface area contributed by atoms with E-state index in [9.17, 15) is 13.2 Å². The molecule has 0 aromatic heterocycles. The smallest absolute Gasteiger partial charge is 0.251 e. The van der Waals surface area contributed by atoms with E-state index >= 15 is 0 Å². The topological polar surface area (TPSA) is 66.5 Å². The van der Waals surface area contributed by atoms with Gasteiger partial charge in [-0.1, -0.05) is 30.3 Å². The van der Waals surface area contributed by atoms with Crippen molar-refractivity contribution in [3.63, 3.8) is 0 Å². The van der Waals surface area contributed by atoms with Crippen LogP contribution in [0.1, 0.15) is 34.8 Å². The molecule has 1 saturated carbocycles. The van der Waals surface area contributed by atoms with Gasteiger partial charge in [0.15, 0.2) is 0 Å². The number of carbonyl (C=O) groups excluding carboxylic acids is 1. The number of nitrogens with zero attached hydrogens (tertiary/aromatic N) is 1. The number of rotatable bonds is 6. The summed E-state index contributed by atoms with van der Waals surface area (Å²) in [6, 6.07) is 14.5. The van der Waals surface area contributed by atoms with Crippen LogP contribution in [0.15, 0.2) is 57.9 Å². The summed E-state index contributed by atoms with van der Waals surface area (Å²) < 4.78 is 26.5. The lowest BCUT2D eigenvalue weighted by atomic mass is 10.0. The van der Waals surface area contributed by atoms with Crippen LogP contribution in [-0.2, 0) is 10.0 Å². The number of carbonyl (C=O) groups is 1. The molecule has 1 unspecified atom stereocenters. The summed E-state index contributed by atoms with van der Waals surface area (Å²) in [6.45, 7) is 0. The van der Waals surface area contributed by atoms with E-state index in [-0.39, 0.29) is 16.8 Å². The molecule has 7 heteroatoms. The average Bonchev–Trinajstić information content (AvgIpc) is 3.45. The van der Waals surface area contributed by atoms with E-state index in [4.69, 9.17) is 0 Å². The molecular formula is C19H21BrN2O3S. The summed E-state index contributed by atoms with van der Waals surface area (Å²) >= 11 is 3.27. The van der Waals surface area contributed by atoms with Gasteiger partial charge >= 0.3 is 0 Å². The lowest BCUT2D eigenvalue weighted by Gasteiger charge is -2.19. The molecule has 0 heterocycles. The quantitative estimate of drug-likeness (QED) is 0.752. The van der Waals surface area contributed by atoms with Crippen LogP contribution in [0.4, 0.5) is 0 Å². The highest BCUT2D eigenvalue weighted by molar-refractivity contribution is 9.10. The van der Waals surface area contributed by atoms with Gasteiger partial charge in [0.2, 0.25) is 10.0 Å². The van der Waals surface area contributed by atoms with Crippen molar-refractivity contribution in [2.24, 2.45) is 5.92 Å². The Hall–Kier alpha value is -1.70. The Labute approximate surface area is 162 Å². The molecule has 1 amide bonds. The first-order valence-electron chi connectivity index (χ1n) is 8.38. The Kier molecular flexibility index (Phi) is 5.50. The number of benzene rings is 2. The highest BCUT2D eigenvalue weighted by Gasteiger charge is 2.33. The van der Waals surface area contributed by atoms with E-state index in [0.717, 1.165) is 22.7 Å². The maximum Gasteiger partial charge on any atom is 0.251 e. The van der Waals surface area contributed by atoms with Gasteiger partial charge in [0.25, 0.3) is 5.91 Å². The molecule has 0 aliphatic heterocycles. The summed E-state index contributed by atoms with van der Waals surface area (Å²) in [5.41, 5.74) is 1.40. The molecule has 2 aromatic carbocycles. The predicted molar refractivity (Wildman–Crippen MR) is 104 cm³/mol. The molecule has 0 saturated heterocycles. The molecule has 1 aliphatic rings. The van der Waals surface area contributed by atoms with E-state index in [1.165, 1.54) is 20.2 Å². The first-order chi connectivity index (χ1) is 12.3. The standard InChI is InChI=1S/C19H21BrN2O3S/c1-22(2)26(24,25)17-12-15(10-11-16(17)20)19(23)21-18(14-8-9-14)13-6-4-3-5-7-13/h3-7,10-12,14,18H,8-9H2,1-2H3,(H,21,23). The number of nitrogens with one attached hydrogen (secondary N) is 1. The minimum absolute atomic E-state index is 0.0544. The van der Waals surface area contributed by atoms with E-state index in [2.05, 4.69) is 21.2 Å². The second-order valence-corrected chi connectivity index (χ2v) is 9.61. The van der Waals surface area contributed by atoms with Crippen molar-refractivity contribution in [2.45, 2.75) is 23.8 Å². The third-order valence-electron chi connectivity index (χ3n) is 4.49. The Morgan fingerprint density at radius 3 is 2.38 bits per heavy atom. The zero-order valence-electron chi connectivity index (χ0n) is 14.6. The minimum atomic E-state index is -3.64. The molecule has 1 fully saturated rings. The van der Waals surface area contributed by atoms with Crippen LogP contribution in [-0.4, -0.2) is 32.7 Å². The van der Waals surface area contributed by atoms with Gasteiger partial charge < -0.3 is 5.32 Å². The third kappa shape index (κ3) is 4.00. The van der Waals surface area contributed by atoms with Gasteiger partial charge in [0, 0.05) is 24.1 Å². The Morgan fingerprint density at radius 2 is 1.81 bits per heavy atom. The summed E-state index contributed by atoms with van der Waals surface area (Å²) in [4.78, 5) is 12.9. The fourth-order valence-corrected chi connectivity index (χ4v) is 4.67. The largest absolute Gasteiger partial charge is 0.345 e. The third-order valence-corrected chi connectivity index (χ3v) is 7.30. The minimum Gasteiger partial charge on any atom is -0.345 e. The van der Waals surface area contributed by atoms with E-state index in [1.54, 1.807) is 12.1 Å². The summed E-state index contributed by atoms with van der Waals surface area (Å²) in [5.74, 6) is 0.162. The number of halogens is 1. The molecule has 1 aliphatic carbocycles. The fourth-order valence-electron chi connectivity index (χ4n) is 2.83. The number of amides is 1. The predicted octanol–water partition coefficient (Wildman–Crippen LogP) is 3.58. The highest BCUT2D eigenvalue weighted by atomic mass is 79.9. The van der Waals surface area contributed by atoms with Gasteiger partial charge in [0.05, 0.1) is 10.9 Å². The molecular weight excluding hydrogens is 416 g/mol.